The molecule has 0 bridgehead atoms. The van der Waals surface area contributed by atoms with Crippen LogP contribution in [0.2, 0.25) is 0 Å². The molecule has 0 aliphatic rings. The standard InChI is InChI=1S/C58H62N4S2/c1-37(59-31-15-17-43-23-29-53(63-43)61-49-25-19-39(55(3,4)5)33-45(49)46-34-40(56(6,7)8)20-26-50(46)61)38(2)60-32-16-18-44-24-30-54(64-44)62-51-27-21-41(57(9,10)11)35-47(51)48-36-42(58(12,13)14)22-28-52(48)62/h15-36H,1-2H2,3-14H3/b17-15+,18-16+,59-31?,60-32?. The third-order valence-corrected chi connectivity index (χ3v) is 14.2. The Bertz CT molecular complexity index is 2870. The molecule has 0 saturated carbocycles. The zero-order valence-electron chi connectivity index (χ0n) is 39.7. The Labute approximate surface area is 388 Å². The van der Waals surface area contributed by atoms with Gasteiger partial charge in [0, 0.05) is 43.7 Å². The first kappa shape index (κ1) is 44.8. The Morgan fingerprint density at radius 3 is 0.969 bits per heavy atom. The van der Waals surface area contributed by atoms with Gasteiger partial charge in [-0.1, -0.05) is 121 Å². The van der Waals surface area contributed by atoms with E-state index in [1.807, 2.05) is 12.2 Å². The van der Waals surface area contributed by atoms with Crippen LogP contribution in [-0.4, -0.2) is 21.6 Å². The normalized spacial score (nSPS) is 13.5. The summed E-state index contributed by atoms with van der Waals surface area (Å²) in [5.74, 6) is 0. The maximum atomic E-state index is 4.54. The fourth-order valence-electron chi connectivity index (χ4n) is 8.18. The van der Waals surface area contributed by atoms with Gasteiger partial charge in [-0.3, -0.25) is 9.98 Å². The van der Waals surface area contributed by atoms with Gasteiger partial charge in [-0.05, 0) is 141 Å². The van der Waals surface area contributed by atoms with Crippen molar-refractivity contribution in [3.63, 3.8) is 0 Å². The molecule has 0 atom stereocenters. The van der Waals surface area contributed by atoms with Crippen LogP contribution >= 0.6 is 22.7 Å². The fourth-order valence-corrected chi connectivity index (χ4v) is 10.1. The van der Waals surface area contributed by atoms with E-state index >= 15 is 0 Å². The fraction of sp³-hybridized carbons (Fsp3) is 0.276. The molecule has 0 unspecified atom stereocenters. The van der Waals surface area contributed by atoms with Crippen LogP contribution in [0.5, 0.6) is 0 Å². The first-order valence-electron chi connectivity index (χ1n) is 22.3. The van der Waals surface area contributed by atoms with E-state index in [0.717, 1.165) is 9.75 Å². The predicted octanol–water partition coefficient (Wildman–Crippen LogP) is 17.1. The minimum Gasteiger partial charge on any atom is -0.301 e. The zero-order valence-corrected chi connectivity index (χ0v) is 41.4. The number of hydrogen-bond donors (Lipinski definition) is 0. The summed E-state index contributed by atoms with van der Waals surface area (Å²) < 4.78 is 4.82. The first-order valence-corrected chi connectivity index (χ1v) is 23.9. The van der Waals surface area contributed by atoms with Gasteiger partial charge in [-0.2, -0.15) is 0 Å². The van der Waals surface area contributed by atoms with Crippen LogP contribution < -0.4 is 0 Å². The molecule has 4 aromatic heterocycles. The maximum Gasteiger partial charge on any atom is 0.101 e. The highest BCUT2D eigenvalue weighted by atomic mass is 32.1. The lowest BCUT2D eigenvalue weighted by Gasteiger charge is -2.19. The van der Waals surface area contributed by atoms with E-state index in [-0.39, 0.29) is 21.7 Å². The van der Waals surface area contributed by atoms with E-state index in [9.17, 15) is 0 Å². The van der Waals surface area contributed by atoms with Gasteiger partial charge in [0.25, 0.3) is 0 Å². The van der Waals surface area contributed by atoms with Crippen molar-refractivity contribution in [2.75, 3.05) is 0 Å². The number of benzene rings is 4. The highest BCUT2D eigenvalue weighted by Gasteiger charge is 2.23. The number of nitrogens with zero attached hydrogens (tertiary/aromatic N) is 4. The lowest BCUT2D eigenvalue weighted by Crippen LogP contribution is -2.10. The number of fused-ring (bicyclic) bond motifs is 6. The van der Waals surface area contributed by atoms with E-state index in [4.69, 9.17) is 0 Å². The van der Waals surface area contributed by atoms with E-state index in [1.54, 1.807) is 35.1 Å². The van der Waals surface area contributed by atoms with Gasteiger partial charge >= 0.3 is 0 Å². The summed E-state index contributed by atoms with van der Waals surface area (Å²) in [5, 5.41) is 7.54. The third-order valence-electron chi connectivity index (χ3n) is 12.1. The summed E-state index contributed by atoms with van der Waals surface area (Å²) >= 11 is 3.53. The number of hydrogen-bond acceptors (Lipinski definition) is 4. The van der Waals surface area contributed by atoms with Crippen molar-refractivity contribution in [3.8, 4) is 10.0 Å². The summed E-state index contributed by atoms with van der Waals surface area (Å²) in [4.78, 5) is 11.4. The average molecular weight is 879 g/mol. The van der Waals surface area contributed by atoms with Gasteiger partial charge in [0.05, 0.1) is 33.5 Å². The van der Waals surface area contributed by atoms with Crippen LogP contribution in [0.1, 0.15) is 115 Å². The summed E-state index contributed by atoms with van der Waals surface area (Å²) in [5.41, 5.74) is 11.6. The molecule has 8 rings (SSSR count). The van der Waals surface area contributed by atoms with E-state index in [1.165, 1.54) is 75.9 Å². The maximum absolute atomic E-state index is 4.54. The molecule has 0 aliphatic heterocycles. The van der Waals surface area contributed by atoms with Gasteiger partial charge in [-0.25, -0.2) is 0 Å². The molecule has 8 aromatic rings. The van der Waals surface area contributed by atoms with Gasteiger partial charge in [0.2, 0.25) is 0 Å². The van der Waals surface area contributed by atoms with Crippen molar-refractivity contribution < 1.29 is 0 Å². The van der Waals surface area contributed by atoms with Gasteiger partial charge < -0.3 is 9.13 Å². The van der Waals surface area contributed by atoms with Crippen LogP contribution in [0.4, 0.5) is 0 Å². The Kier molecular flexibility index (Phi) is 11.6. The molecule has 0 saturated heterocycles. The topological polar surface area (TPSA) is 34.6 Å². The Morgan fingerprint density at radius 1 is 0.422 bits per heavy atom. The van der Waals surface area contributed by atoms with Crippen molar-refractivity contribution >= 4 is 90.9 Å². The smallest absolute Gasteiger partial charge is 0.101 e. The van der Waals surface area contributed by atoms with Crippen molar-refractivity contribution in [3.05, 3.63) is 166 Å². The zero-order chi connectivity index (χ0) is 45.9. The molecule has 0 spiro atoms. The number of allylic oxidation sites excluding steroid dienone is 2. The highest BCUT2D eigenvalue weighted by molar-refractivity contribution is 7.15. The Hall–Kier alpha value is -5.82. The number of aromatic nitrogens is 2. The van der Waals surface area contributed by atoms with Crippen molar-refractivity contribution in [2.45, 2.75) is 105 Å². The molecular formula is C58H62N4S2. The van der Waals surface area contributed by atoms with Crippen LogP contribution in [0, 0.1) is 0 Å². The molecule has 6 heteroatoms. The molecular weight excluding hydrogens is 817 g/mol. The Morgan fingerprint density at radius 2 is 0.703 bits per heavy atom. The number of aliphatic imine (C=N–C) groups is 2. The SMILES string of the molecule is C=C(N=C/C=C/c1ccc(-n2c3ccc(C(C)(C)C)cc3c3cc(C(C)(C)C)ccc32)s1)C(=C)N=C/C=C/c1ccc(-n2c3ccc(C(C)(C)C)cc3c3cc(C(C)(C)C)ccc32)s1. The minimum absolute atomic E-state index is 0.0644. The minimum atomic E-state index is 0.0644. The van der Waals surface area contributed by atoms with Crippen molar-refractivity contribution in [2.24, 2.45) is 9.98 Å². The number of rotatable bonds is 9. The van der Waals surface area contributed by atoms with Crippen molar-refractivity contribution in [1.29, 1.82) is 0 Å². The van der Waals surface area contributed by atoms with Gasteiger partial charge in [-0.15, -0.1) is 22.7 Å². The predicted molar refractivity (Wildman–Crippen MR) is 285 cm³/mol. The molecule has 0 aliphatic carbocycles. The van der Waals surface area contributed by atoms with E-state index < -0.39 is 0 Å². The van der Waals surface area contributed by atoms with E-state index in [2.05, 4.69) is 225 Å². The molecule has 4 nitrogen and oxygen atoms in total. The molecule has 0 N–H and O–H groups in total. The second-order valence-corrected chi connectivity index (χ2v) is 23.3. The molecule has 0 radical (unpaired) electrons. The monoisotopic (exact) mass is 878 g/mol. The van der Waals surface area contributed by atoms with Crippen molar-refractivity contribution in [1.82, 2.24) is 9.13 Å². The molecule has 0 fully saturated rings. The molecule has 4 heterocycles. The van der Waals surface area contributed by atoms with Crippen LogP contribution in [0.25, 0.3) is 65.8 Å². The lowest BCUT2D eigenvalue weighted by atomic mass is 9.85. The van der Waals surface area contributed by atoms with Gasteiger partial charge in [0.1, 0.15) is 10.0 Å². The lowest BCUT2D eigenvalue weighted by molar-refractivity contribution is 0.590. The average Bonchev–Trinajstić information content (AvgIpc) is 4.02. The molecule has 64 heavy (non-hydrogen) atoms. The largest absolute Gasteiger partial charge is 0.301 e. The highest BCUT2D eigenvalue weighted by Crippen LogP contribution is 2.41. The Balaban J connectivity index is 0.952. The second kappa shape index (κ2) is 16.6. The summed E-state index contributed by atoms with van der Waals surface area (Å²) in [6.45, 7) is 35.6. The molecule has 4 aromatic carbocycles. The summed E-state index contributed by atoms with van der Waals surface area (Å²) in [6, 6.07) is 36.6. The van der Waals surface area contributed by atoms with Crippen LogP contribution in [0.3, 0.4) is 0 Å². The third kappa shape index (κ3) is 8.96. The molecule has 0 amide bonds. The second-order valence-electron chi connectivity index (χ2n) is 21.1. The number of thiophene rings is 2. The summed E-state index contributed by atoms with van der Waals surface area (Å²) in [7, 11) is 0. The quantitative estimate of drug-likeness (QED) is 0.102. The van der Waals surface area contributed by atoms with Crippen LogP contribution in [-0.2, 0) is 21.7 Å². The van der Waals surface area contributed by atoms with Crippen LogP contribution in [0.15, 0.2) is 144 Å². The first-order chi connectivity index (χ1) is 30.1. The summed E-state index contributed by atoms with van der Waals surface area (Å²) in [6.07, 6.45) is 11.6. The molecule has 326 valence electrons. The van der Waals surface area contributed by atoms with Gasteiger partial charge in [0.15, 0.2) is 0 Å². The van der Waals surface area contributed by atoms with E-state index in [0.29, 0.717) is 11.4 Å².